The molecule has 24 heavy (non-hydrogen) atoms. The monoisotopic (exact) mass is 351 g/mol. The minimum Gasteiger partial charge on any atom is -0.335 e. The highest BCUT2D eigenvalue weighted by Gasteiger charge is 2.21. The lowest BCUT2D eigenvalue weighted by Crippen LogP contribution is -2.50. The van der Waals surface area contributed by atoms with Crippen LogP contribution in [0.3, 0.4) is 0 Å². The van der Waals surface area contributed by atoms with Gasteiger partial charge >= 0.3 is 6.03 Å². The molecule has 0 aromatic heterocycles. The molecule has 4 nitrogen and oxygen atoms in total. The number of piperidine rings is 1. The van der Waals surface area contributed by atoms with Gasteiger partial charge in [0.05, 0.1) is 0 Å². The average molecular weight is 352 g/mol. The first-order chi connectivity index (χ1) is 11.4. The van der Waals surface area contributed by atoms with Crippen molar-refractivity contribution in [2.75, 3.05) is 19.6 Å². The van der Waals surface area contributed by atoms with E-state index in [1.807, 2.05) is 31.2 Å². The number of nitrogens with zero attached hydrogens (tertiary/aromatic N) is 1. The molecule has 2 rings (SSSR count). The van der Waals surface area contributed by atoms with Gasteiger partial charge in [0.2, 0.25) is 0 Å². The fraction of sp³-hybridized carbons (Fsp3) is 0.632. The fourth-order valence-electron chi connectivity index (χ4n) is 3.25. The van der Waals surface area contributed by atoms with Crippen LogP contribution in [0, 0.1) is 5.92 Å². The van der Waals surface area contributed by atoms with Crippen LogP contribution in [0.15, 0.2) is 24.3 Å². The number of hydrogen-bond acceptors (Lipinski definition) is 2. The Hall–Kier alpha value is -1.26. The fourth-order valence-corrected chi connectivity index (χ4v) is 3.38. The summed E-state index contributed by atoms with van der Waals surface area (Å²) in [7, 11) is 0. The highest BCUT2D eigenvalue weighted by molar-refractivity contribution is 6.30. The molecule has 0 bridgehead atoms. The van der Waals surface area contributed by atoms with Crippen LogP contribution in [0.25, 0.3) is 0 Å². The molecule has 0 saturated carbocycles. The lowest BCUT2D eigenvalue weighted by molar-refractivity contribution is 0.177. The molecule has 1 atom stereocenters. The van der Waals surface area contributed by atoms with Gasteiger partial charge in [0.1, 0.15) is 0 Å². The molecule has 1 aliphatic heterocycles. The van der Waals surface area contributed by atoms with E-state index in [2.05, 4.69) is 29.4 Å². The maximum Gasteiger partial charge on any atom is 0.315 e. The molecular weight excluding hydrogens is 322 g/mol. The van der Waals surface area contributed by atoms with Crippen LogP contribution in [-0.4, -0.2) is 42.6 Å². The molecule has 1 unspecified atom stereocenters. The zero-order chi connectivity index (χ0) is 17.5. The van der Waals surface area contributed by atoms with Crippen LogP contribution >= 0.6 is 11.6 Å². The predicted molar refractivity (Wildman–Crippen MR) is 101 cm³/mol. The van der Waals surface area contributed by atoms with Gasteiger partial charge in [-0.25, -0.2) is 4.79 Å². The SMILES string of the molecule is CC(C)CN1CCC(NC(=O)NC(C)Cc2ccc(Cl)cc2)CC1. The summed E-state index contributed by atoms with van der Waals surface area (Å²) in [6, 6.07) is 8.09. The van der Waals surface area contributed by atoms with Crippen molar-refractivity contribution in [3.63, 3.8) is 0 Å². The molecule has 0 radical (unpaired) electrons. The maximum absolute atomic E-state index is 12.2. The summed E-state index contributed by atoms with van der Waals surface area (Å²) >= 11 is 5.90. The number of likely N-dealkylation sites (tertiary alicyclic amines) is 1. The van der Waals surface area contributed by atoms with E-state index < -0.39 is 0 Å². The van der Waals surface area contributed by atoms with E-state index in [1.165, 1.54) is 5.56 Å². The van der Waals surface area contributed by atoms with E-state index in [0.717, 1.165) is 43.9 Å². The third-order valence-electron chi connectivity index (χ3n) is 4.38. The van der Waals surface area contributed by atoms with Crippen molar-refractivity contribution < 1.29 is 4.79 Å². The average Bonchev–Trinajstić information content (AvgIpc) is 2.51. The van der Waals surface area contributed by atoms with E-state index >= 15 is 0 Å². The summed E-state index contributed by atoms with van der Waals surface area (Å²) in [6.45, 7) is 9.82. The number of benzene rings is 1. The van der Waals surface area contributed by atoms with Gasteiger partial charge in [0.25, 0.3) is 0 Å². The maximum atomic E-state index is 12.2. The second-order valence-electron chi connectivity index (χ2n) is 7.32. The Morgan fingerprint density at radius 3 is 2.42 bits per heavy atom. The number of hydrogen-bond donors (Lipinski definition) is 2. The molecule has 0 spiro atoms. The summed E-state index contributed by atoms with van der Waals surface area (Å²) in [5.41, 5.74) is 1.18. The minimum atomic E-state index is -0.0567. The molecule has 1 saturated heterocycles. The first kappa shape index (κ1) is 19.1. The van der Waals surface area contributed by atoms with E-state index in [-0.39, 0.29) is 18.1 Å². The molecule has 5 heteroatoms. The van der Waals surface area contributed by atoms with Crippen LogP contribution in [0.2, 0.25) is 5.02 Å². The standard InChI is InChI=1S/C19H30ClN3O/c1-14(2)13-23-10-8-18(9-11-23)22-19(24)21-15(3)12-16-4-6-17(20)7-5-16/h4-7,14-15,18H,8-13H2,1-3H3,(H2,21,22,24). The van der Waals surface area contributed by atoms with Crippen molar-refractivity contribution in [1.82, 2.24) is 15.5 Å². The zero-order valence-corrected chi connectivity index (χ0v) is 15.8. The molecule has 1 aromatic rings. The Labute approximate surface area is 150 Å². The van der Waals surface area contributed by atoms with Crippen LogP contribution in [0.1, 0.15) is 39.2 Å². The van der Waals surface area contributed by atoms with Crippen LogP contribution in [0.4, 0.5) is 4.79 Å². The van der Waals surface area contributed by atoms with Crippen molar-refractivity contribution in [2.45, 2.75) is 52.1 Å². The predicted octanol–water partition coefficient (Wildman–Crippen LogP) is 3.69. The first-order valence-electron chi connectivity index (χ1n) is 8.96. The Morgan fingerprint density at radius 1 is 1.21 bits per heavy atom. The topological polar surface area (TPSA) is 44.4 Å². The minimum absolute atomic E-state index is 0.0567. The van der Waals surface area contributed by atoms with Gasteiger partial charge in [0.15, 0.2) is 0 Å². The van der Waals surface area contributed by atoms with Gasteiger partial charge in [0, 0.05) is 36.7 Å². The number of urea groups is 1. The van der Waals surface area contributed by atoms with E-state index in [1.54, 1.807) is 0 Å². The smallest absolute Gasteiger partial charge is 0.315 e. The van der Waals surface area contributed by atoms with Crippen molar-refractivity contribution in [3.8, 4) is 0 Å². The summed E-state index contributed by atoms with van der Waals surface area (Å²) in [5, 5.41) is 6.89. The lowest BCUT2D eigenvalue weighted by atomic mass is 10.0. The Bertz CT molecular complexity index is 510. The van der Waals surface area contributed by atoms with E-state index in [0.29, 0.717) is 5.92 Å². The van der Waals surface area contributed by atoms with Gasteiger partial charge in [-0.05, 0) is 49.8 Å². The zero-order valence-electron chi connectivity index (χ0n) is 15.0. The molecule has 1 heterocycles. The summed E-state index contributed by atoms with van der Waals surface area (Å²) in [5.74, 6) is 0.700. The van der Waals surface area contributed by atoms with E-state index in [9.17, 15) is 4.79 Å². The summed E-state index contributed by atoms with van der Waals surface area (Å²) < 4.78 is 0. The number of halogens is 1. The van der Waals surface area contributed by atoms with Crippen molar-refractivity contribution in [2.24, 2.45) is 5.92 Å². The quantitative estimate of drug-likeness (QED) is 0.820. The number of nitrogens with one attached hydrogen (secondary N) is 2. The van der Waals surface area contributed by atoms with Crippen LogP contribution in [0.5, 0.6) is 0 Å². The Morgan fingerprint density at radius 2 is 1.83 bits per heavy atom. The normalized spacial score (nSPS) is 17.7. The molecule has 0 aliphatic carbocycles. The number of amides is 2. The van der Waals surface area contributed by atoms with Crippen molar-refractivity contribution in [1.29, 1.82) is 0 Å². The van der Waals surface area contributed by atoms with Crippen LogP contribution < -0.4 is 10.6 Å². The highest BCUT2D eigenvalue weighted by Crippen LogP contribution is 2.13. The molecule has 1 aliphatic rings. The summed E-state index contributed by atoms with van der Waals surface area (Å²) in [4.78, 5) is 14.7. The molecule has 134 valence electrons. The third kappa shape index (κ3) is 6.70. The van der Waals surface area contributed by atoms with Crippen molar-refractivity contribution >= 4 is 17.6 Å². The van der Waals surface area contributed by atoms with Gasteiger partial charge in [-0.2, -0.15) is 0 Å². The second kappa shape index (κ2) is 9.28. The lowest BCUT2D eigenvalue weighted by Gasteiger charge is -2.33. The van der Waals surface area contributed by atoms with Gasteiger partial charge in [-0.1, -0.05) is 37.6 Å². The van der Waals surface area contributed by atoms with Gasteiger partial charge in [-0.3, -0.25) is 0 Å². The largest absolute Gasteiger partial charge is 0.335 e. The van der Waals surface area contributed by atoms with Crippen molar-refractivity contribution in [3.05, 3.63) is 34.9 Å². The van der Waals surface area contributed by atoms with E-state index in [4.69, 9.17) is 11.6 Å². The molecular formula is C19H30ClN3O. The number of rotatable bonds is 6. The first-order valence-corrected chi connectivity index (χ1v) is 9.34. The van der Waals surface area contributed by atoms with Crippen LogP contribution in [-0.2, 0) is 6.42 Å². The Balaban J connectivity index is 1.68. The molecule has 1 aromatic carbocycles. The number of carbonyl (C=O) groups is 1. The van der Waals surface area contributed by atoms with Gasteiger partial charge in [-0.15, -0.1) is 0 Å². The molecule has 2 N–H and O–H groups in total. The Kier molecular flexibility index (Phi) is 7.38. The second-order valence-corrected chi connectivity index (χ2v) is 7.75. The summed E-state index contributed by atoms with van der Waals surface area (Å²) in [6.07, 6.45) is 2.87. The highest BCUT2D eigenvalue weighted by atomic mass is 35.5. The number of carbonyl (C=O) groups excluding carboxylic acids is 1. The molecule has 2 amide bonds. The van der Waals surface area contributed by atoms with Gasteiger partial charge < -0.3 is 15.5 Å². The third-order valence-corrected chi connectivity index (χ3v) is 4.63. The molecule has 1 fully saturated rings.